The van der Waals surface area contributed by atoms with Crippen LogP contribution >= 0.6 is 23.4 Å². The van der Waals surface area contributed by atoms with E-state index in [2.05, 4.69) is 19.9 Å². The highest BCUT2D eigenvalue weighted by atomic mass is 35.5. The molecule has 0 aliphatic rings. The molecule has 84 valence electrons. The van der Waals surface area contributed by atoms with Crippen LogP contribution in [0, 0.1) is 5.92 Å². The first-order valence-electron chi connectivity index (χ1n) is 5.24. The molecule has 0 radical (unpaired) electrons. The monoisotopic (exact) mass is 243 g/mol. The number of halogens is 1. The van der Waals surface area contributed by atoms with Crippen molar-refractivity contribution >= 4 is 23.4 Å². The molecule has 0 aromatic heterocycles. The molecule has 0 fully saturated rings. The predicted octanol–water partition coefficient (Wildman–Crippen LogP) is 3.94. The lowest BCUT2D eigenvalue weighted by molar-refractivity contribution is 0.632. The Morgan fingerprint density at radius 3 is 2.67 bits per heavy atom. The Kier molecular flexibility index (Phi) is 5.51. The standard InChI is InChI=1S/C12H18ClNS/c1-9(2)5-6-15-12-4-3-10(8-14)7-11(12)13/h3-4,7,9H,5-6,8,14H2,1-2H3. The normalized spacial score (nSPS) is 11.0. The smallest absolute Gasteiger partial charge is 0.0545 e. The molecule has 0 atom stereocenters. The molecule has 1 aromatic carbocycles. The number of hydrogen-bond donors (Lipinski definition) is 1. The van der Waals surface area contributed by atoms with Gasteiger partial charge in [-0.15, -0.1) is 11.8 Å². The quantitative estimate of drug-likeness (QED) is 0.793. The van der Waals surface area contributed by atoms with Crippen LogP contribution in [0.3, 0.4) is 0 Å². The van der Waals surface area contributed by atoms with Gasteiger partial charge in [-0.2, -0.15) is 0 Å². The van der Waals surface area contributed by atoms with Gasteiger partial charge in [0.1, 0.15) is 0 Å². The van der Waals surface area contributed by atoms with Gasteiger partial charge in [-0.1, -0.05) is 31.5 Å². The van der Waals surface area contributed by atoms with Crippen molar-refractivity contribution in [3.8, 4) is 0 Å². The maximum atomic E-state index is 6.15. The zero-order valence-corrected chi connectivity index (χ0v) is 10.9. The number of nitrogens with two attached hydrogens (primary N) is 1. The second-order valence-electron chi connectivity index (χ2n) is 4.00. The van der Waals surface area contributed by atoms with E-state index in [1.807, 2.05) is 23.9 Å². The van der Waals surface area contributed by atoms with E-state index in [9.17, 15) is 0 Å². The minimum Gasteiger partial charge on any atom is -0.326 e. The van der Waals surface area contributed by atoms with Gasteiger partial charge in [-0.25, -0.2) is 0 Å². The number of thioether (sulfide) groups is 1. The number of benzene rings is 1. The summed E-state index contributed by atoms with van der Waals surface area (Å²) in [5.41, 5.74) is 6.63. The molecule has 0 aliphatic heterocycles. The van der Waals surface area contributed by atoms with E-state index in [0.29, 0.717) is 6.54 Å². The molecule has 2 N–H and O–H groups in total. The molecule has 1 nitrogen and oxygen atoms in total. The zero-order valence-electron chi connectivity index (χ0n) is 9.29. The summed E-state index contributed by atoms with van der Waals surface area (Å²) >= 11 is 7.97. The van der Waals surface area contributed by atoms with Crippen molar-refractivity contribution in [3.05, 3.63) is 28.8 Å². The average molecular weight is 244 g/mol. The summed E-state index contributed by atoms with van der Waals surface area (Å²) in [5.74, 6) is 1.87. The van der Waals surface area contributed by atoms with Crippen LogP contribution < -0.4 is 5.73 Å². The lowest BCUT2D eigenvalue weighted by atomic mass is 10.2. The maximum absolute atomic E-state index is 6.15. The van der Waals surface area contributed by atoms with Crippen LogP contribution in [0.4, 0.5) is 0 Å². The van der Waals surface area contributed by atoms with Crippen molar-refractivity contribution in [2.24, 2.45) is 11.7 Å². The fraction of sp³-hybridized carbons (Fsp3) is 0.500. The summed E-state index contributed by atoms with van der Waals surface area (Å²) in [6.07, 6.45) is 1.22. The zero-order chi connectivity index (χ0) is 11.3. The van der Waals surface area contributed by atoms with Crippen LogP contribution in [0.25, 0.3) is 0 Å². The average Bonchev–Trinajstić information content (AvgIpc) is 2.20. The highest BCUT2D eigenvalue weighted by Gasteiger charge is 2.02. The van der Waals surface area contributed by atoms with Crippen molar-refractivity contribution in [1.82, 2.24) is 0 Å². The highest BCUT2D eigenvalue weighted by molar-refractivity contribution is 7.99. The van der Waals surface area contributed by atoms with E-state index in [-0.39, 0.29) is 0 Å². The van der Waals surface area contributed by atoms with E-state index in [0.717, 1.165) is 27.2 Å². The van der Waals surface area contributed by atoms with Crippen LogP contribution in [0.15, 0.2) is 23.1 Å². The van der Waals surface area contributed by atoms with E-state index >= 15 is 0 Å². The summed E-state index contributed by atoms with van der Waals surface area (Å²) < 4.78 is 0. The molecule has 0 saturated carbocycles. The minimum atomic E-state index is 0.552. The first-order valence-corrected chi connectivity index (χ1v) is 6.61. The summed E-state index contributed by atoms with van der Waals surface area (Å²) in [6.45, 7) is 5.02. The first-order chi connectivity index (χ1) is 7.13. The van der Waals surface area contributed by atoms with E-state index in [1.54, 1.807) is 0 Å². The van der Waals surface area contributed by atoms with Gasteiger partial charge in [0.05, 0.1) is 5.02 Å². The van der Waals surface area contributed by atoms with Crippen LogP contribution in [0.1, 0.15) is 25.8 Å². The van der Waals surface area contributed by atoms with Crippen LogP contribution in [0.2, 0.25) is 5.02 Å². The van der Waals surface area contributed by atoms with Crippen LogP contribution in [-0.4, -0.2) is 5.75 Å². The van der Waals surface area contributed by atoms with Crippen molar-refractivity contribution in [1.29, 1.82) is 0 Å². The predicted molar refractivity (Wildman–Crippen MR) is 69.5 cm³/mol. The molecular weight excluding hydrogens is 226 g/mol. The van der Waals surface area contributed by atoms with Gasteiger partial charge in [0, 0.05) is 11.4 Å². The van der Waals surface area contributed by atoms with Gasteiger partial charge in [0.25, 0.3) is 0 Å². The number of rotatable bonds is 5. The van der Waals surface area contributed by atoms with Crippen molar-refractivity contribution in [2.45, 2.75) is 31.7 Å². The minimum absolute atomic E-state index is 0.552. The third kappa shape index (κ3) is 4.45. The van der Waals surface area contributed by atoms with Gasteiger partial charge >= 0.3 is 0 Å². The summed E-state index contributed by atoms with van der Waals surface area (Å²) in [4.78, 5) is 1.16. The topological polar surface area (TPSA) is 26.0 Å². The molecular formula is C12H18ClNS. The molecule has 0 bridgehead atoms. The Morgan fingerprint density at radius 2 is 2.13 bits per heavy atom. The molecule has 0 heterocycles. The van der Waals surface area contributed by atoms with Gasteiger partial charge in [-0.05, 0) is 35.8 Å². The summed E-state index contributed by atoms with van der Waals surface area (Å²) in [7, 11) is 0. The Labute approximate surface area is 101 Å². The first kappa shape index (κ1) is 12.9. The van der Waals surface area contributed by atoms with Crippen molar-refractivity contribution in [2.75, 3.05) is 5.75 Å². The lowest BCUT2D eigenvalue weighted by Gasteiger charge is -2.07. The Morgan fingerprint density at radius 1 is 1.40 bits per heavy atom. The lowest BCUT2D eigenvalue weighted by Crippen LogP contribution is -1.96. The molecule has 0 saturated heterocycles. The second kappa shape index (κ2) is 6.41. The van der Waals surface area contributed by atoms with E-state index in [4.69, 9.17) is 17.3 Å². The summed E-state index contributed by atoms with van der Waals surface area (Å²) in [5, 5.41) is 0.826. The highest BCUT2D eigenvalue weighted by Crippen LogP contribution is 2.29. The fourth-order valence-electron chi connectivity index (χ4n) is 1.19. The van der Waals surface area contributed by atoms with E-state index < -0.39 is 0 Å². The second-order valence-corrected chi connectivity index (χ2v) is 5.54. The third-order valence-electron chi connectivity index (χ3n) is 2.18. The molecule has 0 spiro atoms. The van der Waals surface area contributed by atoms with Gasteiger partial charge in [0.2, 0.25) is 0 Å². The maximum Gasteiger partial charge on any atom is 0.0545 e. The molecule has 15 heavy (non-hydrogen) atoms. The largest absolute Gasteiger partial charge is 0.326 e. The number of hydrogen-bond acceptors (Lipinski definition) is 2. The molecule has 0 aliphatic carbocycles. The van der Waals surface area contributed by atoms with Gasteiger partial charge in [0.15, 0.2) is 0 Å². The van der Waals surface area contributed by atoms with Crippen molar-refractivity contribution in [3.63, 3.8) is 0 Å². The molecule has 1 aromatic rings. The molecule has 3 heteroatoms. The molecule has 0 unspecified atom stereocenters. The van der Waals surface area contributed by atoms with Gasteiger partial charge < -0.3 is 5.73 Å². The van der Waals surface area contributed by atoms with Crippen molar-refractivity contribution < 1.29 is 0 Å². The molecule has 1 rings (SSSR count). The Bertz CT molecular complexity index is 312. The summed E-state index contributed by atoms with van der Waals surface area (Å²) in [6, 6.07) is 6.07. The van der Waals surface area contributed by atoms with E-state index in [1.165, 1.54) is 6.42 Å². The van der Waals surface area contributed by atoms with Crippen LogP contribution in [-0.2, 0) is 6.54 Å². The van der Waals surface area contributed by atoms with Crippen LogP contribution in [0.5, 0.6) is 0 Å². The van der Waals surface area contributed by atoms with Gasteiger partial charge in [-0.3, -0.25) is 0 Å². The Balaban J connectivity index is 2.54. The Hall–Kier alpha value is -0.180. The SMILES string of the molecule is CC(C)CCSc1ccc(CN)cc1Cl. The molecule has 0 amide bonds. The fourth-order valence-corrected chi connectivity index (χ4v) is 2.73. The third-order valence-corrected chi connectivity index (χ3v) is 3.72.